The Kier molecular flexibility index (Phi) is 14.2. The predicted molar refractivity (Wildman–Crippen MR) is 23.2 cm³/mol. The maximum absolute atomic E-state index is 7.33. The van der Waals surface area contributed by atoms with Crippen molar-refractivity contribution in [1.82, 2.24) is 0 Å². The Morgan fingerprint density at radius 3 is 0.857 bits per heavy atom. The van der Waals surface area contributed by atoms with Crippen LogP contribution in [0.4, 0.5) is 0 Å². The van der Waals surface area contributed by atoms with Crippen molar-refractivity contribution in [2.24, 2.45) is 0 Å². The fourth-order valence-electron chi connectivity index (χ4n) is 0. The molecule has 0 spiro atoms. The maximum Gasteiger partial charge on any atom is 0 e. The van der Waals surface area contributed by atoms with Crippen molar-refractivity contribution in [3.8, 4) is 0 Å². The fourth-order valence-corrected chi connectivity index (χ4v) is 0. The number of rotatable bonds is 0. The first-order chi connectivity index (χ1) is 2.00. The predicted octanol–water partition coefficient (Wildman–Crippen LogP) is -3.53. The second-order valence-electron chi connectivity index (χ2n) is 0.600. The van der Waals surface area contributed by atoms with Crippen LogP contribution in [0.15, 0.2) is 0 Å². The van der Waals surface area contributed by atoms with E-state index in [2.05, 4.69) is 0 Å². The summed E-state index contributed by atoms with van der Waals surface area (Å²) in [6.07, 6.45) is 0. The van der Waals surface area contributed by atoms with E-state index in [1.807, 2.05) is 0 Å². The molecule has 0 rings (SSSR count). The minimum absolute atomic E-state index is 0. The molecule has 4 nitrogen and oxygen atoms in total. The van der Waals surface area contributed by atoms with Crippen molar-refractivity contribution < 1.29 is 41.6 Å². The fraction of sp³-hybridized carbons (Fsp3) is 0. The quantitative estimate of drug-likeness (QED) is 0.349. The number of hydrogen-bond donors (Lipinski definition) is 4. The van der Waals surface area contributed by atoms with E-state index < -0.39 is 9.05 Å². The second kappa shape index (κ2) is 6.18. The van der Waals surface area contributed by atoms with Crippen molar-refractivity contribution in [2.45, 2.75) is 0 Å². The molecule has 0 aromatic carbocycles. The van der Waals surface area contributed by atoms with Gasteiger partial charge in [-0.15, -0.1) is 0 Å². The molecular formula is H6CaO4SiTa. The largest absolute Gasteiger partial charge is 0 e. The average Bonchev–Trinajstić information content (AvgIpc) is 0.722. The molecule has 7 heteroatoms. The molecular weight excluding hydrogens is 313 g/mol. The van der Waals surface area contributed by atoms with E-state index in [0.717, 1.165) is 0 Å². The molecule has 0 aromatic heterocycles. The van der Waals surface area contributed by atoms with E-state index >= 15 is 0 Å². The Balaban J connectivity index is -0.0000000800. The van der Waals surface area contributed by atoms with Crippen molar-refractivity contribution >= 4 is 46.8 Å². The molecule has 0 aliphatic heterocycles. The van der Waals surface area contributed by atoms with Crippen LogP contribution in [-0.4, -0.2) is 66.0 Å². The summed E-state index contributed by atoms with van der Waals surface area (Å²) in [6, 6.07) is 0. The Hall–Kier alpha value is 2.06. The molecule has 41 valence electrons. The van der Waals surface area contributed by atoms with Gasteiger partial charge in [0.2, 0.25) is 0 Å². The molecule has 0 aromatic rings. The first kappa shape index (κ1) is 16.0. The summed E-state index contributed by atoms with van der Waals surface area (Å²) in [6.45, 7) is 0. The van der Waals surface area contributed by atoms with Gasteiger partial charge in [-0.1, -0.05) is 0 Å². The maximum atomic E-state index is 7.33. The Bertz CT molecular complexity index is 27.2. The van der Waals surface area contributed by atoms with Gasteiger partial charge in [0.25, 0.3) is 0 Å². The van der Waals surface area contributed by atoms with Gasteiger partial charge in [-0.3, -0.25) is 0 Å². The molecule has 0 fully saturated rings. The van der Waals surface area contributed by atoms with Gasteiger partial charge in [0.15, 0.2) is 0 Å². The minimum atomic E-state index is -4.61. The van der Waals surface area contributed by atoms with Crippen LogP contribution >= 0.6 is 0 Å². The molecule has 0 bridgehead atoms. The van der Waals surface area contributed by atoms with Gasteiger partial charge in [0.1, 0.15) is 0 Å². The zero-order valence-electron chi connectivity index (χ0n) is 2.74. The van der Waals surface area contributed by atoms with Gasteiger partial charge in [-0.25, -0.2) is 0 Å². The molecule has 0 unspecified atom stereocenters. The zero-order valence-corrected chi connectivity index (χ0v) is 6.95. The van der Waals surface area contributed by atoms with E-state index in [0.29, 0.717) is 0 Å². The van der Waals surface area contributed by atoms with Crippen molar-refractivity contribution in [3.63, 3.8) is 0 Å². The summed E-state index contributed by atoms with van der Waals surface area (Å²) in [5.41, 5.74) is 0. The summed E-state index contributed by atoms with van der Waals surface area (Å²) in [7, 11) is -4.61. The molecule has 0 aliphatic carbocycles. The molecule has 4 N–H and O–H groups in total. The minimum Gasteiger partial charge on any atom is 0 e. The van der Waals surface area contributed by atoms with Crippen LogP contribution in [-0.2, 0) is 22.4 Å². The van der Waals surface area contributed by atoms with E-state index in [1.54, 1.807) is 0 Å². The first-order valence-electron chi connectivity index (χ1n) is 0.894. The molecule has 1 radical (unpaired) electrons. The van der Waals surface area contributed by atoms with Crippen LogP contribution in [0.3, 0.4) is 0 Å². The first-order valence-corrected chi connectivity index (χ1v) is 2.68. The third kappa shape index (κ3) is 69.9. The summed E-state index contributed by atoms with van der Waals surface area (Å²) < 4.78 is 0. The van der Waals surface area contributed by atoms with Gasteiger partial charge in [0.05, 0.1) is 0 Å². The van der Waals surface area contributed by atoms with Crippen LogP contribution in [0.1, 0.15) is 0 Å². The Morgan fingerprint density at radius 2 is 0.857 bits per heavy atom. The van der Waals surface area contributed by atoms with Crippen molar-refractivity contribution in [3.05, 3.63) is 0 Å². The molecule has 0 saturated heterocycles. The zero-order chi connectivity index (χ0) is 4.50. The van der Waals surface area contributed by atoms with E-state index in [1.165, 1.54) is 0 Å². The van der Waals surface area contributed by atoms with Crippen LogP contribution in [0.25, 0.3) is 0 Å². The molecule has 0 saturated carbocycles. The van der Waals surface area contributed by atoms with Gasteiger partial charge >= 0.3 is 46.8 Å². The van der Waals surface area contributed by atoms with Crippen LogP contribution in [0.5, 0.6) is 0 Å². The molecule has 0 heterocycles. The SMILES string of the molecule is O[Si](O)(O)O.[CaH2].[Ta]. The summed E-state index contributed by atoms with van der Waals surface area (Å²) >= 11 is 0. The number of hydrogen-bond acceptors (Lipinski definition) is 4. The van der Waals surface area contributed by atoms with Gasteiger partial charge in [0, 0.05) is 22.4 Å². The summed E-state index contributed by atoms with van der Waals surface area (Å²) in [5.74, 6) is 0. The van der Waals surface area contributed by atoms with Crippen LogP contribution < -0.4 is 0 Å². The molecule has 0 aliphatic rings. The van der Waals surface area contributed by atoms with Gasteiger partial charge in [-0.2, -0.15) is 0 Å². The molecule has 7 heavy (non-hydrogen) atoms. The van der Waals surface area contributed by atoms with E-state index in [-0.39, 0.29) is 60.1 Å². The monoisotopic (exact) mass is 319 g/mol. The third-order valence-corrected chi connectivity index (χ3v) is 0. The van der Waals surface area contributed by atoms with Gasteiger partial charge in [-0.05, 0) is 0 Å². The van der Waals surface area contributed by atoms with E-state index in [4.69, 9.17) is 19.2 Å². The van der Waals surface area contributed by atoms with Crippen LogP contribution in [0, 0.1) is 0 Å². The smallest absolute Gasteiger partial charge is 0 e. The Labute approximate surface area is 87.2 Å². The van der Waals surface area contributed by atoms with E-state index in [9.17, 15) is 0 Å². The molecule has 0 atom stereocenters. The van der Waals surface area contributed by atoms with Gasteiger partial charge < -0.3 is 19.2 Å². The van der Waals surface area contributed by atoms with Crippen molar-refractivity contribution in [2.75, 3.05) is 0 Å². The third-order valence-electron chi connectivity index (χ3n) is 0. The standard InChI is InChI=1S/Ca.H4O4Si.Ta.2H/c;1-5(2,3)4;;;/h;1-4H;;;. The van der Waals surface area contributed by atoms with Crippen molar-refractivity contribution in [1.29, 1.82) is 0 Å². The average molecular weight is 319 g/mol. The summed E-state index contributed by atoms with van der Waals surface area (Å²) in [4.78, 5) is 29.3. The molecule has 0 amide bonds. The topological polar surface area (TPSA) is 80.9 Å². The Morgan fingerprint density at radius 1 is 0.857 bits per heavy atom. The summed E-state index contributed by atoms with van der Waals surface area (Å²) in [5, 5.41) is 0. The second-order valence-corrected chi connectivity index (χ2v) is 1.80. The van der Waals surface area contributed by atoms with Crippen LogP contribution in [0.2, 0.25) is 0 Å². The normalized spacial score (nSPS) is 8.57.